The topological polar surface area (TPSA) is 18.5 Å². The van der Waals surface area contributed by atoms with Gasteiger partial charge in [0.2, 0.25) is 0 Å². The standard InChI is InChI=1S/C18H34O2Si/c1-8-10-12-17(20-21(6,7)18(3,4)5)16-14-13-15(19-16)11-9-2/h2,15-17H,8,10-14H2,1,3-7H3/t15?,16-,17-/m0/s1. The molecule has 0 aromatic carbocycles. The van der Waals surface area contributed by atoms with E-state index >= 15 is 0 Å². The predicted molar refractivity (Wildman–Crippen MR) is 92.9 cm³/mol. The van der Waals surface area contributed by atoms with Crippen LogP contribution < -0.4 is 0 Å². The van der Waals surface area contributed by atoms with E-state index in [0.717, 1.165) is 25.7 Å². The van der Waals surface area contributed by atoms with Crippen LogP contribution in [-0.4, -0.2) is 26.6 Å². The zero-order chi connectivity index (χ0) is 16.1. The van der Waals surface area contributed by atoms with E-state index < -0.39 is 8.32 Å². The van der Waals surface area contributed by atoms with Crippen molar-refractivity contribution in [3.8, 4) is 12.3 Å². The molecule has 0 N–H and O–H groups in total. The second kappa shape index (κ2) is 7.81. The molecule has 0 saturated carbocycles. The number of unbranched alkanes of at least 4 members (excludes halogenated alkanes) is 1. The first-order chi connectivity index (χ1) is 9.71. The van der Waals surface area contributed by atoms with Gasteiger partial charge in [-0.15, -0.1) is 12.3 Å². The van der Waals surface area contributed by atoms with Crippen molar-refractivity contribution in [3.63, 3.8) is 0 Å². The van der Waals surface area contributed by atoms with E-state index in [1.165, 1.54) is 12.8 Å². The summed E-state index contributed by atoms with van der Waals surface area (Å²) in [5, 5.41) is 0.244. The number of terminal acetylenes is 1. The second-order valence-electron chi connectivity index (χ2n) is 7.84. The number of hydrogen-bond donors (Lipinski definition) is 0. The van der Waals surface area contributed by atoms with Crippen molar-refractivity contribution in [1.82, 2.24) is 0 Å². The second-order valence-corrected chi connectivity index (χ2v) is 12.6. The van der Waals surface area contributed by atoms with Crippen molar-refractivity contribution in [2.45, 2.75) is 103 Å². The minimum atomic E-state index is -1.75. The number of ether oxygens (including phenoxy) is 1. The summed E-state index contributed by atoms with van der Waals surface area (Å²) < 4.78 is 12.9. The molecule has 2 nitrogen and oxygen atoms in total. The molecule has 122 valence electrons. The van der Waals surface area contributed by atoms with Crippen LogP contribution in [-0.2, 0) is 9.16 Å². The number of rotatable bonds is 7. The zero-order valence-corrected chi connectivity index (χ0v) is 15.9. The Morgan fingerprint density at radius 1 is 1.33 bits per heavy atom. The van der Waals surface area contributed by atoms with E-state index in [4.69, 9.17) is 15.6 Å². The van der Waals surface area contributed by atoms with E-state index in [2.05, 4.69) is 46.7 Å². The van der Waals surface area contributed by atoms with Gasteiger partial charge in [-0.25, -0.2) is 0 Å². The molecule has 1 saturated heterocycles. The van der Waals surface area contributed by atoms with E-state index in [-0.39, 0.29) is 23.4 Å². The van der Waals surface area contributed by atoms with Crippen molar-refractivity contribution in [1.29, 1.82) is 0 Å². The maximum atomic E-state index is 6.68. The van der Waals surface area contributed by atoms with Crippen molar-refractivity contribution < 1.29 is 9.16 Å². The first-order valence-electron chi connectivity index (χ1n) is 8.48. The van der Waals surface area contributed by atoms with Gasteiger partial charge in [0.1, 0.15) is 0 Å². The first-order valence-corrected chi connectivity index (χ1v) is 11.4. The molecule has 1 aliphatic rings. The van der Waals surface area contributed by atoms with Crippen LogP contribution in [0.3, 0.4) is 0 Å². The molecule has 3 atom stereocenters. The fourth-order valence-electron chi connectivity index (χ4n) is 2.57. The first kappa shape index (κ1) is 18.7. The Kier molecular flexibility index (Phi) is 6.97. The zero-order valence-electron chi connectivity index (χ0n) is 14.9. The Balaban J connectivity index is 2.71. The molecule has 0 aliphatic carbocycles. The third kappa shape index (κ3) is 5.43. The van der Waals surface area contributed by atoms with E-state index in [0.29, 0.717) is 0 Å². The predicted octanol–water partition coefficient (Wildman–Crippen LogP) is 5.14. The Labute approximate surface area is 133 Å². The van der Waals surface area contributed by atoms with Gasteiger partial charge in [-0.05, 0) is 37.4 Å². The quantitative estimate of drug-likeness (QED) is 0.479. The monoisotopic (exact) mass is 310 g/mol. The van der Waals surface area contributed by atoms with Crippen molar-refractivity contribution >= 4 is 8.32 Å². The van der Waals surface area contributed by atoms with Gasteiger partial charge >= 0.3 is 0 Å². The minimum Gasteiger partial charge on any atom is -0.411 e. The summed E-state index contributed by atoms with van der Waals surface area (Å²) in [6.07, 6.45) is 12.6. The summed E-state index contributed by atoms with van der Waals surface area (Å²) in [5.41, 5.74) is 0. The van der Waals surface area contributed by atoms with Crippen molar-refractivity contribution in [2.75, 3.05) is 0 Å². The van der Waals surface area contributed by atoms with Crippen LogP contribution in [0.5, 0.6) is 0 Å². The molecule has 0 bridgehead atoms. The normalized spacial score (nSPS) is 24.8. The highest BCUT2D eigenvalue weighted by Gasteiger charge is 2.42. The third-order valence-electron chi connectivity index (χ3n) is 4.99. The van der Waals surface area contributed by atoms with Gasteiger partial charge in [0.25, 0.3) is 0 Å². The molecule has 0 aromatic heterocycles. The molecule has 0 aromatic rings. The fourth-order valence-corrected chi connectivity index (χ4v) is 3.95. The van der Waals surface area contributed by atoms with Crippen LogP contribution >= 0.6 is 0 Å². The maximum Gasteiger partial charge on any atom is 0.192 e. The van der Waals surface area contributed by atoms with Crippen LogP contribution in [0.15, 0.2) is 0 Å². The molecule has 3 heteroatoms. The van der Waals surface area contributed by atoms with Gasteiger partial charge in [-0.3, -0.25) is 0 Å². The van der Waals surface area contributed by atoms with Crippen LogP contribution in [0.4, 0.5) is 0 Å². The summed E-state index contributed by atoms with van der Waals surface area (Å²) >= 11 is 0. The summed E-state index contributed by atoms with van der Waals surface area (Å²) in [6, 6.07) is 0. The molecule has 1 heterocycles. The van der Waals surface area contributed by atoms with E-state index in [9.17, 15) is 0 Å². The summed E-state index contributed by atoms with van der Waals surface area (Å²) in [6.45, 7) is 13.8. The smallest absolute Gasteiger partial charge is 0.192 e. The Bertz CT molecular complexity index is 351. The largest absolute Gasteiger partial charge is 0.411 e. The van der Waals surface area contributed by atoms with Gasteiger partial charge in [0.05, 0.1) is 18.3 Å². The lowest BCUT2D eigenvalue weighted by molar-refractivity contribution is -0.0301. The molecule has 0 radical (unpaired) electrons. The summed E-state index contributed by atoms with van der Waals surface area (Å²) in [5.74, 6) is 2.73. The average molecular weight is 311 g/mol. The van der Waals surface area contributed by atoms with Crippen molar-refractivity contribution in [3.05, 3.63) is 0 Å². The molecule has 1 rings (SSSR count). The van der Waals surface area contributed by atoms with Crippen LogP contribution in [0.1, 0.15) is 66.2 Å². The van der Waals surface area contributed by atoms with Crippen LogP contribution in [0, 0.1) is 12.3 Å². The third-order valence-corrected chi connectivity index (χ3v) is 9.50. The van der Waals surface area contributed by atoms with Crippen LogP contribution in [0.25, 0.3) is 0 Å². The highest BCUT2D eigenvalue weighted by Crippen LogP contribution is 2.39. The lowest BCUT2D eigenvalue weighted by atomic mass is 10.0. The molecule has 0 amide bonds. The molecule has 1 fully saturated rings. The summed E-state index contributed by atoms with van der Waals surface area (Å²) in [4.78, 5) is 0. The SMILES string of the molecule is C#CCC1CC[C@@H]([C@H](CCCC)O[Si](C)(C)C(C)(C)C)O1. The highest BCUT2D eigenvalue weighted by molar-refractivity contribution is 6.74. The molecule has 0 spiro atoms. The maximum absolute atomic E-state index is 6.68. The average Bonchev–Trinajstić information content (AvgIpc) is 2.82. The highest BCUT2D eigenvalue weighted by atomic mass is 28.4. The van der Waals surface area contributed by atoms with Crippen molar-refractivity contribution in [2.24, 2.45) is 0 Å². The van der Waals surface area contributed by atoms with E-state index in [1.807, 2.05) is 0 Å². The molecular weight excluding hydrogens is 276 g/mol. The summed E-state index contributed by atoms with van der Waals surface area (Å²) in [7, 11) is -1.75. The Hall–Kier alpha value is -0.303. The molecule has 1 aliphatic heterocycles. The van der Waals surface area contributed by atoms with Gasteiger partial charge in [-0.2, -0.15) is 0 Å². The Morgan fingerprint density at radius 2 is 2.00 bits per heavy atom. The molecular formula is C18H34O2Si. The Morgan fingerprint density at radius 3 is 2.52 bits per heavy atom. The van der Waals surface area contributed by atoms with Crippen LogP contribution in [0.2, 0.25) is 18.1 Å². The van der Waals surface area contributed by atoms with Gasteiger partial charge < -0.3 is 9.16 Å². The van der Waals surface area contributed by atoms with Gasteiger partial charge in [0.15, 0.2) is 8.32 Å². The number of hydrogen-bond acceptors (Lipinski definition) is 2. The van der Waals surface area contributed by atoms with Gasteiger partial charge in [-0.1, -0.05) is 40.5 Å². The lowest BCUT2D eigenvalue weighted by Crippen LogP contribution is -2.47. The molecule has 1 unspecified atom stereocenters. The lowest BCUT2D eigenvalue weighted by Gasteiger charge is -2.41. The van der Waals surface area contributed by atoms with Gasteiger partial charge in [0, 0.05) is 6.42 Å². The fraction of sp³-hybridized carbons (Fsp3) is 0.889. The minimum absolute atomic E-state index is 0.240. The molecule has 21 heavy (non-hydrogen) atoms. The van der Waals surface area contributed by atoms with E-state index in [1.54, 1.807) is 0 Å².